The van der Waals surface area contributed by atoms with Gasteiger partial charge in [-0.1, -0.05) is 6.92 Å². The normalized spacial score (nSPS) is 25.7. The van der Waals surface area contributed by atoms with Crippen LogP contribution in [0.1, 0.15) is 30.5 Å². The average molecular weight is 221 g/mol. The number of carbonyl (C=O) groups is 2. The van der Waals surface area contributed by atoms with Crippen molar-refractivity contribution in [2.24, 2.45) is 13.0 Å². The highest BCUT2D eigenvalue weighted by atomic mass is 16.2. The van der Waals surface area contributed by atoms with Gasteiger partial charge in [-0.15, -0.1) is 0 Å². The predicted molar refractivity (Wildman–Crippen MR) is 57.6 cm³/mol. The van der Waals surface area contributed by atoms with E-state index in [2.05, 4.69) is 10.4 Å². The number of hydrogen-bond donors (Lipinski definition) is 1. The summed E-state index contributed by atoms with van der Waals surface area (Å²) in [4.78, 5) is 22.9. The molecule has 2 amide bonds. The van der Waals surface area contributed by atoms with Crippen LogP contribution in [0.4, 0.5) is 0 Å². The number of hydrogen-bond acceptors (Lipinski definition) is 3. The summed E-state index contributed by atoms with van der Waals surface area (Å²) < 4.78 is 1.72. The van der Waals surface area contributed by atoms with Crippen LogP contribution in [0.2, 0.25) is 0 Å². The molecule has 86 valence electrons. The molecule has 2 unspecified atom stereocenters. The Kier molecular flexibility index (Phi) is 2.53. The van der Waals surface area contributed by atoms with Crippen molar-refractivity contribution in [2.75, 3.05) is 0 Å². The van der Waals surface area contributed by atoms with Gasteiger partial charge in [0, 0.05) is 31.5 Å². The smallest absolute Gasteiger partial charge is 0.230 e. The van der Waals surface area contributed by atoms with Gasteiger partial charge in [-0.05, 0) is 12.5 Å². The highest BCUT2D eigenvalue weighted by molar-refractivity contribution is 5.99. The van der Waals surface area contributed by atoms with Crippen LogP contribution in [0.3, 0.4) is 0 Å². The minimum Gasteiger partial charge on any atom is -0.296 e. The molecule has 0 saturated carbocycles. The van der Waals surface area contributed by atoms with Crippen LogP contribution >= 0.6 is 0 Å². The van der Waals surface area contributed by atoms with E-state index >= 15 is 0 Å². The molecule has 1 saturated heterocycles. The SMILES string of the molecule is Cc1nn(C)cc1C1CC(=O)NC(=O)C1C. The van der Waals surface area contributed by atoms with Gasteiger partial charge in [0.1, 0.15) is 0 Å². The maximum absolute atomic E-state index is 11.5. The number of piperidine rings is 1. The van der Waals surface area contributed by atoms with Crippen LogP contribution in [-0.2, 0) is 16.6 Å². The van der Waals surface area contributed by atoms with Crippen molar-refractivity contribution in [1.82, 2.24) is 15.1 Å². The zero-order chi connectivity index (χ0) is 11.9. The van der Waals surface area contributed by atoms with E-state index < -0.39 is 0 Å². The minimum atomic E-state index is -0.198. The molecule has 1 N–H and O–H groups in total. The first-order chi connectivity index (χ1) is 7.49. The van der Waals surface area contributed by atoms with Gasteiger partial charge >= 0.3 is 0 Å². The van der Waals surface area contributed by atoms with Gasteiger partial charge in [-0.2, -0.15) is 5.10 Å². The standard InChI is InChI=1S/C11H15N3O2/c1-6-8(4-10(15)12-11(6)16)9-5-14(3)13-7(9)2/h5-6,8H,4H2,1-3H3,(H,12,15,16). The molecular formula is C11H15N3O2. The molecule has 0 aromatic carbocycles. The quantitative estimate of drug-likeness (QED) is 0.702. The molecule has 0 bridgehead atoms. The van der Waals surface area contributed by atoms with Crippen molar-refractivity contribution in [3.8, 4) is 0 Å². The molecule has 2 rings (SSSR count). The summed E-state index contributed by atoms with van der Waals surface area (Å²) in [6.07, 6.45) is 2.25. The first kappa shape index (κ1) is 10.9. The number of aromatic nitrogens is 2. The van der Waals surface area contributed by atoms with E-state index in [9.17, 15) is 9.59 Å². The maximum Gasteiger partial charge on any atom is 0.230 e. The van der Waals surface area contributed by atoms with Crippen molar-refractivity contribution in [1.29, 1.82) is 0 Å². The lowest BCUT2D eigenvalue weighted by Crippen LogP contribution is -2.43. The highest BCUT2D eigenvalue weighted by Gasteiger charge is 2.35. The van der Waals surface area contributed by atoms with Crippen LogP contribution in [-0.4, -0.2) is 21.6 Å². The Morgan fingerprint density at radius 3 is 2.75 bits per heavy atom. The summed E-state index contributed by atoms with van der Waals surface area (Å²) in [6, 6.07) is 0. The van der Waals surface area contributed by atoms with Gasteiger partial charge in [-0.3, -0.25) is 19.6 Å². The molecule has 1 aromatic heterocycles. The molecule has 1 aliphatic heterocycles. The number of amides is 2. The Balaban J connectivity index is 2.35. The molecule has 1 fully saturated rings. The van der Waals surface area contributed by atoms with Crippen LogP contribution in [0.15, 0.2) is 6.20 Å². The van der Waals surface area contributed by atoms with Crippen molar-refractivity contribution in [3.05, 3.63) is 17.5 Å². The van der Waals surface area contributed by atoms with Gasteiger partial charge in [0.2, 0.25) is 11.8 Å². The van der Waals surface area contributed by atoms with Crippen LogP contribution < -0.4 is 5.32 Å². The van der Waals surface area contributed by atoms with Gasteiger partial charge in [0.25, 0.3) is 0 Å². The van der Waals surface area contributed by atoms with Crippen molar-refractivity contribution < 1.29 is 9.59 Å². The maximum atomic E-state index is 11.5. The summed E-state index contributed by atoms with van der Waals surface area (Å²) in [6.45, 7) is 3.75. The molecule has 5 nitrogen and oxygen atoms in total. The lowest BCUT2D eigenvalue weighted by atomic mass is 9.82. The Morgan fingerprint density at radius 2 is 2.19 bits per heavy atom. The lowest BCUT2D eigenvalue weighted by molar-refractivity contribution is -0.136. The van der Waals surface area contributed by atoms with Crippen molar-refractivity contribution in [3.63, 3.8) is 0 Å². The summed E-state index contributed by atoms with van der Waals surface area (Å²) in [7, 11) is 1.84. The molecule has 16 heavy (non-hydrogen) atoms. The number of rotatable bonds is 1. The second-order valence-electron chi connectivity index (χ2n) is 4.36. The molecule has 1 aliphatic rings. The van der Waals surface area contributed by atoms with Crippen LogP contribution in [0.5, 0.6) is 0 Å². The molecule has 5 heteroatoms. The molecule has 0 spiro atoms. The third kappa shape index (κ3) is 1.73. The molecule has 2 atom stereocenters. The molecule has 1 aromatic rings. The van der Waals surface area contributed by atoms with E-state index in [1.165, 1.54) is 0 Å². The Morgan fingerprint density at radius 1 is 1.50 bits per heavy atom. The fourth-order valence-electron chi connectivity index (χ4n) is 2.22. The second kappa shape index (κ2) is 3.73. The third-order valence-corrected chi connectivity index (χ3v) is 3.14. The summed E-state index contributed by atoms with van der Waals surface area (Å²) >= 11 is 0. The van der Waals surface area contributed by atoms with Gasteiger partial charge < -0.3 is 0 Å². The third-order valence-electron chi connectivity index (χ3n) is 3.14. The average Bonchev–Trinajstić information content (AvgIpc) is 2.51. The zero-order valence-electron chi connectivity index (χ0n) is 9.65. The summed E-state index contributed by atoms with van der Waals surface area (Å²) in [5.74, 6) is -0.614. The van der Waals surface area contributed by atoms with E-state index in [-0.39, 0.29) is 23.7 Å². The lowest BCUT2D eigenvalue weighted by Gasteiger charge is -2.26. The molecule has 2 heterocycles. The van der Waals surface area contributed by atoms with Crippen molar-refractivity contribution >= 4 is 11.8 Å². The fourth-order valence-corrected chi connectivity index (χ4v) is 2.22. The molecule has 0 aliphatic carbocycles. The van der Waals surface area contributed by atoms with Crippen LogP contribution in [0, 0.1) is 12.8 Å². The molecular weight excluding hydrogens is 206 g/mol. The second-order valence-corrected chi connectivity index (χ2v) is 4.36. The van der Waals surface area contributed by atoms with E-state index in [4.69, 9.17) is 0 Å². The number of aryl methyl sites for hydroxylation is 2. The largest absolute Gasteiger partial charge is 0.296 e. The monoisotopic (exact) mass is 221 g/mol. The van der Waals surface area contributed by atoms with Crippen molar-refractivity contribution in [2.45, 2.75) is 26.2 Å². The Bertz CT molecular complexity index is 450. The number of nitrogens with one attached hydrogen (secondary N) is 1. The topological polar surface area (TPSA) is 64.0 Å². The van der Waals surface area contributed by atoms with Gasteiger partial charge in [0.15, 0.2) is 0 Å². The first-order valence-electron chi connectivity index (χ1n) is 5.33. The zero-order valence-corrected chi connectivity index (χ0v) is 9.65. The van der Waals surface area contributed by atoms with E-state index in [0.29, 0.717) is 6.42 Å². The van der Waals surface area contributed by atoms with Crippen LogP contribution in [0.25, 0.3) is 0 Å². The summed E-state index contributed by atoms with van der Waals surface area (Å²) in [5, 5.41) is 6.59. The predicted octanol–water partition coefficient (Wildman–Crippen LogP) is 0.495. The number of imide groups is 1. The van der Waals surface area contributed by atoms with Gasteiger partial charge in [0.05, 0.1) is 5.69 Å². The summed E-state index contributed by atoms with van der Waals surface area (Å²) in [5.41, 5.74) is 1.89. The molecule has 0 radical (unpaired) electrons. The minimum absolute atomic E-state index is 0.0463. The van der Waals surface area contributed by atoms with E-state index in [1.807, 2.05) is 27.1 Å². The Labute approximate surface area is 93.8 Å². The van der Waals surface area contributed by atoms with Gasteiger partial charge in [-0.25, -0.2) is 0 Å². The fraction of sp³-hybridized carbons (Fsp3) is 0.545. The number of nitrogens with zero attached hydrogens (tertiary/aromatic N) is 2. The number of carbonyl (C=O) groups excluding carboxylic acids is 2. The van der Waals surface area contributed by atoms with E-state index in [1.54, 1.807) is 4.68 Å². The first-order valence-corrected chi connectivity index (χ1v) is 5.33. The Hall–Kier alpha value is -1.65. The highest BCUT2D eigenvalue weighted by Crippen LogP contribution is 2.32. The van der Waals surface area contributed by atoms with E-state index in [0.717, 1.165) is 11.3 Å².